The summed E-state index contributed by atoms with van der Waals surface area (Å²) in [6.07, 6.45) is -2.78. The van der Waals surface area contributed by atoms with Crippen LogP contribution in [0.25, 0.3) is 33.4 Å². The molecule has 1 amide bonds. The van der Waals surface area contributed by atoms with E-state index in [-0.39, 0.29) is 22.6 Å². The molecule has 0 fully saturated rings. The van der Waals surface area contributed by atoms with Crippen LogP contribution in [0.1, 0.15) is 15.9 Å². The molecule has 0 unspecified atom stereocenters. The fourth-order valence-electron chi connectivity index (χ4n) is 3.58. The number of benzene rings is 2. The van der Waals surface area contributed by atoms with Crippen LogP contribution >= 0.6 is 0 Å². The zero-order valence-electron chi connectivity index (χ0n) is 16.9. The number of rotatable bonds is 5. The maximum Gasteiger partial charge on any atom is 0.405 e. The van der Waals surface area contributed by atoms with Crippen LogP contribution in [0.2, 0.25) is 0 Å². The van der Waals surface area contributed by atoms with Crippen molar-refractivity contribution < 1.29 is 18.0 Å². The Morgan fingerprint density at radius 2 is 1.94 bits per heavy atom. The van der Waals surface area contributed by atoms with Gasteiger partial charge in [-0.3, -0.25) is 9.89 Å². The molecule has 6 N–H and O–H groups in total. The van der Waals surface area contributed by atoms with Crippen molar-refractivity contribution in [3.63, 3.8) is 0 Å². The molecule has 0 atom stereocenters. The Morgan fingerprint density at radius 3 is 2.66 bits per heavy atom. The molecule has 0 aliphatic rings. The van der Waals surface area contributed by atoms with E-state index >= 15 is 0 Å². The molecule has 0 bridgehead atoms. The number of carbonyl (C=O) groups is 1. The molecule has 0 radical (unpaired) electrons. The minimum atomic E-state index is -4.40. The average molecular weight is 440 g/mol. The van der Waals surface area contributed by atoms with Crippen LogP contribution in [-0.2, 0) is 0 Å². The molecule has 4 aromatic rings. The number of hydrogen-bond donors (Lipinski definition) is 4. The van der Waals surface area contributed by atoms with Gasteiger partial charge in [0.15, 0.2) is 0 Å². The molecule has 2 aromatic heterocycles. The van der Waals surface area contributed by atoms with Crippen molar-refractivity contribution in [2.75, 3.05) is 17.6 Å². The number of alkyl halides is 3. The van der Waals surface area contributed by atoms with E-state index in [1.165, 1.54) is 12.1 Å². The minimum absolute atomic E-state index is 0.0236. The van der Waals surface area contributed by atoms with Gasteiger partial charge in [0.25, 0.3) is 5.91 Å². The number of nitrogens with one attached hydrogen (secondary N) is 2. The van der Waals surface area contributed by atoms with Crippen molar-refractivity contribution in [3.05, 3.63) is 59.8 Å². The maximum absolute atomic E-state index is 12.8. The van der Waals surface area contributed by atoms with Gasteiger partial charge in [-0.25, -0.2) is 4.98 Å². The van der Waals surface area contributed by atoms with Crippen LogP contribution in [0.4, 0.5) is 24.5 Å². The number of anilines is 2. The second-order valence-corrected chi connectivity index (χ2v) is 7.28. The third kappa shape index (κ3) is 3.94. The lowest BCUT2D eigenvalue weighted by atomic mass is 9.96. The summed E-state index contributed by atoms with van der Waals surface area (Å²) in [5.41, 5.74) is 15.3. The third-order valence-electron chi connectivity index (χ3n) is 5.08. The molecular formula is C22H19F3N6O. The van der Waals surface area contributed by atoms with E-state index in [1.807, 2.05) is 19.1 Å². The zero-order chi connectivity index (χ0) is 23.0. The van der Waals surface area contributed by atoms with Crippen molar-refractivity contribution >= 4 is 28.2 Å². The van der Waals surface area contributed by atoms with Gasteiger partial charge in [0, 0.05) is 22.2 Å². The van der Waals surface area contributed by atoms with Crippen LogP contribution in [0.15, 0.2) is 48.7 Å². The lowest BCUT2D eigenvalue weighted by Gasteiger charge is -2.17. The number of nitrogens with zero attached hydrogens (tertiary/aromatic N) is 2. The number of pyridine rings is 1. The zero-order valence-corrected chi connectivity index (χ0v) is 16.9. The Kier molecular flexibility index (Phi) is 5.21. The predicted octanol–water partition coefficient (Wildman–Crippen LogP) is 4.26. The van der Waals surface area contributed by atoms with Crippen LogP contribution < -0.4 is 16.8 Å². The summed E-state index contributed by atoms with van der Waals surface area (Å²) in [5.74, 6) is -0.773. The van der Waals surface area contributed by atoms with Gasteiger partial charge in [0.05, 0.1) is 34.4 Å². The van der Waals surface area contributed by atoms with Crippen LogP contribution in [0.3, 0.4) is 0 Å². The quantitative estimate of drug-likeness (QED) is 0.369. The van der Waals surface area contributed by atoms with Gasteiger partial charge in [-0.1, -0.05) is 24.3 Å². The van der Waals surface area contributed by atoms with E-state index in [0.717, 1.165) is 16.5 Å². The first kappa shape index (κ1) is 21.2. The smallest absolute Gasteiger partial charge is 0.396 e. The molecular weight excluding hydrogens is 421 g/mol. The molecule has 0 saturated heterocycles. The SMILES string of the molecule is Cc1ccc2[nH]ncc2c1-c1nc(-c2ccccc2NCC(F)(F)F)cc(C(N)=O)c1N. The van der Waals surface area contributed by atoms with Crippen molar-refractivity contribution in [2.24, 2.45) is 5.73 Å². The van der Waals surface area contributed by atoms with Crippen LogP contribution in [0, 0.1) is 6.92 Å². The van der Waals surface area contributed by atoms with Gasteiger partial charge in [0.1, 0.15) is 6.54 Å². The van der Waals surface area contributed by atoms with E-state index in [0.29, 0.717) is 16.8 Å². The highest BCUT2D eigenvalue weighted by atomic mass is 19.4. The number of amides is 1. The number of para-hydroxylation sites is 1. The van der Waals surface area contributed by atoms with Gasteiger partial charge in [0.2, 0.25) is 0 Å². The molecule has 0 saturated carbocycles. The van der Waals surface area contributed by atoms with Crippen LogP contribution in [0.5, 0.6) is 0 Å². The Morgan fingerprint density at radius 1 is 1.19 bits per heavy atom. The Hall–Kier alpha value is -4.08. The minimum Gasteiger partial charge on any atom is -0.396 e. The summed E-state index contributed by atoms with van der Waals surface area (Å²) in [6.45, 7) is 0.639. The highest BCUT2D eigenvalue weighted by Gasteiger charge is 2.27. The lowest BCUT2D eigenvalue weighted by molar-refractivity contribution is -0.115. The fraction of sp³-hybridized carbons (Fsp3) is 0.136. The predicted molar refractivity (Wildman–Crippen MR) is 117 cm³/mol. The lowest BCUT2D eigenvalue weighted by Crippen LogP contribution is -2.21. The highest BCUT2D eigenvalue weighted by Crippen LogP contribution is 2.38. The topological polar surface area (TPSA) is 123 Å². The number of H-pyrrole nitrogens is 1. The molecule has 32 heavy (non-hydrogen) atoms. The number of aryl methyl sites for hydroxylation is 1. The summed E-state index contributed by atoms with van der Waals surface area (Å²) in [5, 5.41) is 10.0. The number of halogens is 3. The Labute approximate surface area is 180 Å². The number of nitrogen functional groups attached to an aromatic ring is 1. The number of aromatic amines is 1. The highest BCUT2D eigenvalue weighted by molar-refractivity contribution is 6.06. The standard InChI is InChI=1S/C22H19F3N6O/c1-11-6-7-16-14(9-29-31-16)18(11)20-19(26)13(21(27)32)8-17(30-20)12-4-2-3-5-15(12)28-10-22(23,24)25/h2-9,28H,10,26H2,1H3,(H2,27,32)(H,29,31). The number of nitrogens with two attached hydrogens (primary N) is 2. The first-order valence-electron chi connectivity index (χ1n) is 9.59. The average Bonchev–Trinajstić information content (AvgIpc) is 3.21. The Balaban J connectivity index is 1.95. The Bertz CT molecular complexity index is 1330. The first-order chi connectivity index (χ1) is 15.2. The van der Waals surface area contributed by atoms with Gasteiger partial charge in [-0.05, 0) is 30.7 Å². The van der Waals surface area contributed by atoms with Gasteiger partial charge in [-0.15, -0.1) is 0 Å². The van der Waals surface area contributed by atoms with Crippen molar-refractivity contribution in [3.8, 4) is 22.5 Å². The number of primary amides is 1. The van der Waals surface area contributed by atoms with E-state index < -0.39 is 18.6 Å². The number of fused-ring (bicyclic) bond motifs is 1. The normalized spacial score (nSPS) is 11.6. The van der Waals surface area contributed by atoms with Crippen molar-refractivity contribution in [1.82, 2.24) is 15.2 Å². The second-order valence-electron chi connectivity index (χ2n) is 7.28. The summed E-state index contributed by atoms with van der Waals surface area (Å²) in [7, 11) is 0. The second kappa shape index (κ2) is 7.88. The summed E-state index contributed by atoms with van der Waals surface area (Å²) >= 11 is 0. The summed E-state index contributed by atoms with van der Waals surface area (Å²) in [6, 6.07) is 11.5. The number of aromatic nitrogens is 3. The molecule has 7 nitrogen and oxygen atoms in total. The summed E-state index contributed by atoms with van der Waals surface area (Å²) < 4.78 is 38.3. The van der Waals surface area contributed by atoms with Gasteiger partial charge >= 0.3 is 6.18 Å². The number of hydrogen-bond acceptors (Lipinski definition) is 5. The third-order valence-corrected chi connectivity index (χ3v) is 5.08. The van der Waals surface area contributed by atoms with Gasteiger partial charge in [-0.2, -0.15) is 18.3 Å². The number of carbonyl (C=O) groups excluding carboxylic acids is 1. The van der Waals surface area contributed by atoms with Crippen molar-refractivity contribution in [1.29, 1.82) is 0 Å². The largest absolute Gasteiger partial charge is 0.405 e. The first-order valence-corrected chi connectivity index (χ1v) is 9.59. The van der Waals surface area contributed by atoms with Crippen molar-refractivity contribution in [2.45, 2.75) is 13.1 Å². The van der Waals surface area contributed by atoms with E-state index in [2.05, 4.69) is 20.5 Å². The molecule has 0 aliphatic carbocycles. The maximum atomic E-state index is 12.8. The van der Waals surface area contributed by atoms with E-state index in [9.17, 15) is 18.0 Å². The molecule has 0 spiro atoms. The van der Waals surface area contributed by atoms with E-state index in [4.69, 9.17) is 11.5 Å². The van der Waals surface area contributed by atoms with Gasteiger partial charge < -0.3 is 16.8 Å². The molecule has 4 rings (SSSR count). The molecule has 2 aromatic carbocycles. The van der Waals surface area contributed by atoms with Crippen LogP contribution in [-0.4, -0.2) is 33.8 Å². The molecule has 10 heteroatoms. The molecule has 164 valence electrons. The molecule has 2 heterocycles. The van der Waals surface area contributed by atoms with E-state index in [1.54, 1.807) is 24.4 Å². The fourth-order valence-corrected chi connectivity index (χ4v) is 3.58. The monoisotopic (exact) mass is 440 g/mol. The summed E-state index contributed by atoms with van der Waals surface area (Å²) in [4.78, 5) is 16.8. The molecule has 0 aliphatic heterocycles.